The van der Waals surface area contributed by atoms with Crippen LogP contribution in [-0.4, -0.2) is 45.0 Å². The van der Waals surface area contributed by atoms with Crippen molar-refractivity contribution in [2.24, 2.45) is 0 Å². The van der Waals surface area contributed by atoms with E-state index >= 15 is 0 Å². The first-order chi connectivity index (χ1) is 13.5. The molecule has 3 rings (SSSR count). The van der Waals surface area contributed by atoms with E-state index in [2.05, 4.69) is 5.32 Å². The fraction of sp³-hybridized carbons (Fsp3) is 0.316. The molecule has 10 heteroatoms. The number of anilines is 1. The first-order valence-electron chi connectivity index (χ1n) is 8.81. The summed E-state index contributed by atoms with van der Waals surface area (Å²) in [6, 6.07) is 9.26. The zero-order valence-electron chi connectivity index (χ0n) is 16.2. The van der Waals surface area contributed by atoms with Gasteiger partial charge in [-0.05, 0) is 38.3 Å². The van der Waals surface area contributed by atoms with Crippen LogP contribution in [-0.2, 0) is 24.3 Å². The topological polar surface area (TPSA) is 122 Å². The number of ether oxygens (including phenoxy) is 1. The van der Waals surface area contributed by atoms with Crippen molar-refractivity contribution < 1.29 is 27.5 Å². The second kappa shape index (κ2) is 7.36. The monoisotopic (exact) mass is 419 g/mol. The Morgan fingerprint density at radius 3 is 2.38 bits per heavy atom. The summed E-state index contributed by atoms with van der Waals surface area (Å²) in [6.45, 7) is 3.93. The zero-order chi connectivity index (χ0) is 21.4. The minimum Gasteiger partial charge on any atom is -0.454 e. The summed E-state index contributed by atoms with van der Waals surface area (Å²) in [5.74, 6) is -1.74. The van der Waals surface area contributed by atoms with Gasteiger partial charge in [0.2, 0.25) is 0 Å². The second-order valence-electron chi connectivity index (χ2n) is 7.56. The van der Waals surface area contributed by atoms with E-state index in [9.17, 15) is 22.8 Å². The van der Waals surface area contributed by atoms with Gasteiger partial charge in [0.1, 0.15) is 6.54 Å². The predicted octanol–water partition coefficient (Wildman–Crippen LogP) is 1.52. The third-order valence-electron chi connectivity index (χ3n) is 4.06. The van der Waals surface area contributed by atoms with Crippen LogP contribution in [0.4, 0.5) is 10.5 Å². The van der Waals surface area contributed by atoms with E-state index < -0.39 is 46.6 Å². The normalized spacial score (nSPS) is 14.5. The molecule has 0 saturated carbocycles. The number of rotatable bonds is 4. The summed E-state index contributed by atoms with van der Waals surface area (Å²) in [5, 5.41) is 5.84. The molecule has 3 amide bonds. The molecule has 9 nitrogen and oxygen atoms in total. The third-order valence-corrected chi connectivity index (χ3v) is 5.86. The Morgan fingerprint density at radius 2 is 1.72 bits per heavy atom. The number of esters is 1. The van der Waals surface area contributed by atoms with Crippen molar-refractivity contribution in [3.05, 3.63) is 36.4 Å². The molecule has 1 heterocycles. The second-order valence-corrected chi connectivity index (χ2v) is 9.39. The highest BCUT2D eigenvalue weighted by molar-refractivity contribution is 7.93. The lowest BCUT2D eigenvalue weighted by atomic mass is 10.1. The van der Waals surface area contributed by atoms with Crippen molar-refractivity contribution in [2.45, 2.75) is 31.2 Å². The first kappa shape index (κ1) is 20.6. The van der Waals surface area contributed by atoms with E-state index in [0.717, 1.165) is 9.69 Å². The van der Waals surface area contributed by atoms with Gasteiger partial charge in [-0.15, -0.1) is 0 Å². The van der Waals surface area contributed by atoms with Gasteiger partial charge < -0.3 is 10.1 Å². The molecule has 2 aromatic carbocycles. The van der Waals surface area contributed by atoms with Crippen LogP contribution in [0, 0.1) is 0 Å². The van der Waals surface area contributed by atoms with Crippen LogP contribution in [0.5, 0.6) is 0 Å². The van der Waals surface area contributed by atoms with Crippen molar-refractivity contribution in [2.75, 3.05) is 17.5 Å². The van der Waals surface area contributed by atoms with Crippen LogP contribution >= 0.6 is 0 Å². The van der Waals surface area contributed by atoms with Crippen LogP contribution in [0.15, 0.2) is 41.3 Å². The minimum absolute atomic E-state index is 0.120. The van der Waals surface area contributed by atoms with E-state index in [-0.39, 0.29) is 4.90 Å². The lowest BCUT2D eigenvalue weighted by Crippen LogP contribution is -2.49. The Bertz CT molecular complexity index is 1100. The van der Waals surface area contributed by atoms with Crippen molar-refractivity contribution >= 4 is 44.4 Å². The van der Waals surface area contributed by atoms with Gasteiger partial charge in [-0.2, -0.15) is 0 Å². The molecule has 0 spiro atoms. The summed E-state index contributed by atoms with van der Waals surface area (Å²) >= 11 is 0. The summed E-state index contributed by atoms with van der Waals surface area (Å²) < 4.78 is 31.4. The van der Waals surface area contributed by atoms with Crippen LogP contribution in [0.1, 0.15) is 20.8 Å². The van der Waals surface area contributed by atoms with E-state index in [1.165, 1.54) is 6.07 Å². The molecular formula is C19H21N3O6S. The maximum atomic E-state index is 12.8. The van der Waals surface area contributed by atoms with Crippen LogP contribution < -0.4 is 14.9 Å². The lowest BCUT2D eigenvalue weighted by molar-refractivity contribution is -0.146. The highest BCUT2D eigenvalue weighted by atomic mass is 32.2. The quantitative estimate of drug-likeness (QED) is 0.725. The maximum Gasteiger partial charge on any atom is 0.327 e. The van der Waals surface area contributed by atoms with Gasteiger partial charge in [0, 0.05) is 10.9 Å². The van der Waals surface area contributed by atoms with Crippen LogP contribution in [0.2, 0.25) is 0 Å². The van der Waals surface area contributed by atoms with Gasteiger partial charge in [-0.25, -0.2) is 13.2 Å². The molecule has 29 heavy (non-hydrogen) atoms. The van der Waals surface area contributed by atoms with Crippen molar-refractivity contribution in [3.8, 4) is 0 Å². The largest absolute Gasteiger partial charge is 0.454 e. The number of nitrogens with zero attached hydrogens (tertiary/aromatic N) is 1. The van der Waals surface area contributed by atoms with Crippen molar-refractivity contribution in [3.63, 3.8) is 0 Å². The predicted molar refractivity (Wildman–Crippen MR) is 106 cm³/mol. The molecule has 0 atom stereocenters. The Morgan fingerprint density at radius 1 is 1.07 bits per heavy atom. The standard InChI is InChI=1S/C19H21N3O6S/c1-19(2,3)21-18(25)20-15(23)11-28-16(24)10-22-13-8-4-6-12-7-5-9-14(17(12)13)29(22,26)27/h4-9H,10-11H2,1-3H3,(H2,20,21,23,25). The number of carbonyl (C=O) groups excluding carboxylic acids is 3. The number of sulfonamides is 1. The molecule has 1 aliphatic rings. The fourth-order valence-corrected chi connectivity index (χ4v) is 4.63. The molecule has 0 aromatic heterocycles. The molecule has 2 aromatic rings. The van der Waals surface area contributed by atoms with Gasteiger partial charge in [-0.1, -0.05) is 24.3 Å². The summed E-state index contributed by atoms with van der Waals surface area (Å²) in [4.78, 5) is 35.7. The van der Waals surface area contributed by atoms with Crippen LogP contribution in [0.25, 0.3) is 10.8 Å². The Kier molecular flexibility index (Phi) is 5.22. The summed E-state index contributed by atoms with van der Waals surface area (Å²) in [6.07, 6.45) is 0. The van der Waals surface area contributed by atoms with Gasteiger partial charge in [-0.3, -0.25) is 19.2 Å². The van der Waals surface area contributed by atoms with E-state index in [0.29, 0.717) is 11.1 Å². The van der Waals surface area contributed by atoms with Crippen molar-refractivity contribution in [1.29, 1.82) is 0 Å². The van der Waals surface area contributed by atoms with Gasteiger partial charge in [0.15, 0.2) is 6.61 Å². The average molecular weight is 419 g/mol. The third kappa shape index (κ3) is 4.32. The number of benzene rings is 2. The molecule has 154 valence electrons. The molecule has 1 aliphatic heterocycles. The Labute approximate surface area is 168 Å². The maximum absolute atomic E-state index is 12.8. The fourth-order valence-electron chi connectivity index (χ4n) is 2.97. The van der Waals surface area contributed by atoms with E-state index in [1.54, 1.807) is 51.1 Å². The minimum atomic E-state index is -3.90. The highest BCUT2D eigenvalue weighted by Crippen LogP contribution is 2.41. The van der Waals surface area contributed by atoms with Crippen LogP contribution in [0.3, 0.4) is 0 Å². The summed E-state index contributed by atoms with van der Waals surface area (Å²) in [5.41, 5.74) is -0.162. The molecule has 0 bridgehead atoms. The zero-order valence-corrected chi connectivity index (χ0v) is 17.0. The van der Waals surface area contributed by atoms with Gasteiger partial charge in [0.05, 0.1) is 10.6 Å². The molecule has 0 unspecified atom stereocenters. The average Bonchev–Trinajstić information content (AvgIpc) is 2.82. The molecule has 2 N–H and O–H groups in total. The number of urea groups is 1. The SMILES string of the molecule is CC(C)(C)NC(=O)NC(=O)COC(=O)CN1c2cccc3cccc(c23)S1(=O)=O. The number of carbonyl (C=O) groups is 3. The molecule has 0 saturated heterocycles. The highest BCUT2D eigenvalue weighted by Gasteiger charge is 2.37. The smallest absolute Gasteiger partial charge is 0.327 e. The number of amides is 3. The van der Waals surface area contributed by atoms with Crippen molar-refractivity contribution in [1.82, 2.24) is 10.6 Å². The number of hydrogen-bond donors (Lipinski definition) is 2. The Hall–Kier alpha value is -3.14. The van der Waals surface area contributed by atoms with E-state index in [1.807, 2.05) is 5.32 Å². The molecule has 0 radical (unpaired) electrons. The molecule has 0 aliphatic carbocycles. The molecular weight excluding hydrogens is 398 g/mol. The first-order valence-corrected chi connectivity index (χ1v) is 10.3. The van der Waals surface area contributed by atoms with Gasteiger partial charge in [0.25, 0.3) is 15.9 Å². The lowest BCUT2D eigenvalue weighted by Gasteiger charge is -2.20. The summed E-state index contributed by atoms with van der Waals surface area (Å²) in [7, 11) is -3.90. The number of nitrogens with one attached hydrogen (secondary N) is 2. The van der Waals surface area contributed by atoms with Gasteiger partial charge >= 0.3 is 12.0 Å². The Balaban J connectivity index is 1.64. The number of hydrogen-bond acceptors (Lipinski definition) is 6. The van der Waals surface area contributed by atoms with E-state index in [4.69, 9.17) is 4.74 Å². The molecule has 0 fully saturated rings. The number of imide groups is 1.